The van der Waals surface area contributed by atoms with Gasteiger partial charge in [-0.05, 0) is 49.4 Å². The van der Waals surface area contributed by atoms with Gasteiger partial charge in [0.1, 0.15) is 0 Å². The number of carbonyl (C=O) groups excluding carboxylic acids is 2. The second-order valence-corrected chi connectivity index (χ2v) is 6.92. The molecule has 1 heterocycles. The summed E-state index contributed by atoms with van der Waals surface area (Å²) in [6.07, 6.45) is 0.953. The zero-order valence-corrected chi connectivity index (χ0v) is 15.6. The van der Waals surface area contributed by atoms with Crippen molar-refractivity contribution in [1.29, 1.82) is 0 Å². The molecule has 0 atom stereocenters. The zero-order chi connectivity index (χ0) is 19.2. The van der Waals surface area contributed by atoms with Crippen molar-refractivity contribution in [2.45, 2.75) is 12.8 Å². The number of likely N-dealkylation sites (N-methyl/N-ethyl adjacent to an activating group) is 1. The minimum atomic E-state index is -0.0728. The lowest BCUT2D eigenvalue weighted by molar-refractivity contribution is -0.116. The number of para-hydroxylation sites is 1. The molecule has 6 nitrogen and oxygen atoms in total. The van der Waals surface area contributed by atoms with Gasteiger partial charge >= 0.3 is 0 Å². The van der Waals surface area contributed by atoms with E-state index in [0.717, 1.165) is 31.7 Å². The molecular weight excluding hydrogens is 340 g/mol. The summed E-state index contributed by atoms with van der Waals surface area (Å²) in [5, 5.41) is 2.87. The highest BCUT2D eigenvalue weighted by Crippen LogP contribution is 2.15. The maximum absolute atomic E-state index is 12.5. The van der Waals surface area contributed by atoms with Gasteiger partial charge in [0.15, 0.2) is 0 Å². The van der Waals surface area contributed by atoms with Gasteiger partial charge in [-0.1, -0.05) is 18.2 Å². The van der Waals surface area contributed by atoms with Crippen LogP contribution in [0.5, 0.6) is 0 Å². The van der Waals surface area contributed by atoms with Crippen LogP contribution in [0.1, 0.15) is 22.3 Å². The summed E-state index contributed by atoms with van der Waals surface area (Å²) >= 11 is 0. The normalized spacial score (nSPS) is 14.8. The van der Waals surface area contributed by atoms with E-state index < -0.39 is 0 Å². The Bertz CT molecular complexity index is 796. The zero-order valence-electron chi connectivity index (χ0n) is 15.6. The Morgan fingerprint density at radius 2 is 1.67 bits per heavy atom. The van der Waals surface area contributed by atoms with E-state index in [-0.39, 0.29) is 11.8 Å². The second kappa shape index (κ2) is 8.68. The van der Waals surface area contributed by atoms with Crippen LogP contribution >= 0.6 is 0 Å². The molecule has 2 amide bonds. The molecule has 1 fully saturated rings. The van der Waals surface area contributed by atoms with Crippen LogP contribution in [-0.2, 0) is 11.2 Å². The highest BCUT2D eigenvalue weighted by Gasteiger charge is 2.20. The maximum atomic E-state index is 12.5. The van der Waals surface area contributed by atoms with Crippen molar-refractivity contribution in [3.8, 4) is 0 Å². The number of nitrogens with one attached hydrogen (secondary N) is 1. The first-order chi connectivity index (χ1) is 13.0. The van der Waals surface area contributed by atoms with Crippen LogP contribution in [0.15, 0.2) is 48.5 Å². The van der Waals surface area contributed by atoms with Crippen LogP contribution in [-0.4, -0.2) is 54.8 Å². The minimum absolute atomic E-state index is 0.0422. The molecule has 0 radical (unpaired) electrons. The van der Waals surface area contributed by atoms with Crippen molar-refractivity contribution in [1.82, 2.24) is 9.80 Å². The van der Waals surface area contributed by atoms with Crippen LogP contribution in [0, 0.1) is 0 Å². The van der Waals surface area contributed by atoms with Gasteiger partial charge < -0.3 is 20.9 Å². The predicted octanol–water partition coefficient (Wildman–Crippen LogP) is 2.23. The molecule has 0 spiro atoms. The number of hydrogen-bond acceptors (Lipinski definition) is 4. The Labute approximate surface area is 159 Å². The third kappa shape index (κ3) is 5.08. The average molecular weight is 366 g/mol. The Balaban J connectivity index is 1.52. The number of amides is 2. The Hall–Kier alpha value is -2.86. The highest BCUT2D eigenvalue weighted by atomic mass is 16.2. The molecule has 3 N–H and O–H groups in total. The van der Waals surface area contributed by atoms with E-state index in [1.807, 2.05) is 29.2 Å². The maximum Gasteiger partial charge on any atom is 0.253 e. The molecule has 0 aliphatic carbocycles. The van der Waals surface area contributed by atoms with E-state index >= 15 is 0 Å². The summed E-state index contributed by atoms with van der Waals surface area (Å²) in [5.41, 5.74) is 8.92. The van der Waals surface area contributed by atoms with Gasteiger partial charge in [-0.15, -0.1) is 0 Å². The second-order valence-electron chi connectivity index (χ2n) is 6.92. The molecule has 0 unspecified atom stereocenters. The lowest BCUT2D eigenvalue weighted by atomic mass is 10.1. The minimum Gasteiger partial charge on any atom is -0.399 e. The van der Waals surface area contributed by atoms with E-state index in [4.69, 9.17) is 5.73 Å². The molecule has 2 aromatic rings. The van der Waals surface area contributed by atoms with E-state index in [0.29, 0.717) is 29.8 Å². The molecule has 1 saturated heterocycles. The number of nitrogens with zero attached hydrogens (tertiary/aromatic N) is 2. The highest BCUT2D eigenvalue weighted by molar-refractivity contribution is 5.96. The summed E-state index contributed by atoms with van der Waals surface area (Å²) in [6.45, 7) is 3.28. The summed E-state index contributed by atoms with van der Waals surface area (Å²) in [4.78, 5) is 28.8. The quantitative estimate of drug-likeness (QED) is 0.796. The van der Waals surface area contributed by atoms with Gasteiger partial charge in [-0.3, -0.25) is 9.59 Å². The topological polar surface area (TPSA) is 78.7 Å². The molecule has 0 aromatic heterocycles. The standard InChI is InChI=1S/C21H26N4O2/c1-24-12-14-25(15-13-24)21(27)17-6-9-18(10-7-17)23-20(26)11-8-16-4-2-3-5-19(16)22/h2-7,9-10H,8,11-15,22H2,1H3,(H,23,26). The lowest BCUT2D eigenvalue weighted by Gasteiger charge is -2.32. The van der Waals surface area contributed by atoms with Gasteiger partial charge in [0.25, 0.3) is 5.91 Å². The van der Waals surface area contributed by atoms with Crippen LogP contribution in [0.4, 0.5) is 11.4 Å². The smallest absolute Gasteiger partial charge is 0.253 e. The summed E-state index contributed by atoms with van der Waals surface area (Å²) in [5.74, 6) is -0.0306. The van der Waals surface area contributed by atoms with Crippen LogP contribution in [0.2, 0.25) is 0 Å². The molecule has 3 rings (SSSR count). The van der Waals surface area contributed by atoms with Gasteiger partial charge in [-0.25, -0.2) is 0 Å². The van der Waals surface area contributed by atoms with Crippen molar-refractivity contribution >= 4 is 23.2 Å². The molecule has 0 saturated carbocycles. The molecule has 2 aromatic carbocycles. The Morgan fingerprint density at radius 1 is 1.00 bits per heavy atom. The molecular formula is C21H26N4O2. The third-order valence-corrected chi connectivity index (χ3v) is 4.88. The number of piperazine rings is 1. The van der Waals surface area contributed by atoms with Gasteiger partial charge in [0.2, 0.25) is 5.91 Å². The van der Waals surface area contributed by atoms with Gasteiger partial charge in [0, 0.05) is 49.5 Å². The third-order valence-electron chi connectivity index (χ3n) is 4.88. The fraction of sp³-hybridized carbons (Fsp3) is 0.333. The molecule has 6 heteroatoms. The van der Waals surface area contributed by atoms with Gasteiger partial charge in [-0.2, -0.15) is 0 Å². The molecule has 1 aliphatic rings. The number of rotatable bonds is 5. The largest absolute Gasteiger partial charge is 0.399 e. The number of nitrogens with two attached hydrogens (primary N) is 1. The number of hydrogen-bond donors (Lipinski definition) is 2. The average Bonchev–Trinajstić information content (AvgIpc) is 2.68. The number of nitrogen functional groups attached to an aromatic ring is 1. The SMILES string of the molecule is CN1CCN(C(=O)c2ccc(NC(=O)CCc3ccccc3N)cc2)CC1. The lowest BCUT2D eigenvalue weighted by Crippen LogP contribution is -2.47. The molecule has 0 bridgehead atoms. The Morgan fingerprint density at radius 3 is 2.33 bits per heavy atom. The predicted molar refractivity (Wildman–Crippen MR) is 108 cm³/mol. The van der Waals surface area contributed by atoms with Crippen LogP contribution in [0.25, 0.3) is 0 Å². The number of benzene rings is 2. The van der Waals surface area contributed by atoms with Crippen molar-refractivity contribution in [2.75, 3.05) is 44.3 Å². The van der Waals surface area contributed by atoms with E-state index in [1.165, 1.54) is 0 Å². The van der Waals surface area contributed by atoms with Crippen molar-refractivity contribution in [3.05, 3.63) is 59.7 Å². The fourth-order valence-corrected chi connectivity index (χ4v) is 3.12. The Kier molecular flexibility index (Phi) is 6.08. The summed E-state index contributed by atoms with van der Waals surface area (Å²) < 4.78 is 0. The van der Waals surface area contributed by atoms with E-state index in [1.54, 1.807) is 24.3 Å². The van der Waals surface area contributed by atoms with Crippen LogP contribution in [0.3, 0.4) is 0 Å². The first kappa shape index (κ1) is 18.9. The van der Waals surface area contributed by atoms with Crippen molar-refractivity contribution in [2.24, 2.45) is 0 Å². The van der Waals surface area contributed by atoms with E-state index in [9.17, 15) is 9.59 Å². The van der Waals surface area contributed by atoms with E-state index in [2.05, 4.69) is 17.3 Å². The fourth-order valence-electron chi connectivity index (χ4n) is 3.12. The molecule has 1 aliphatic heterocycles. The number of aryl methyl sites for hydroxylation is 1. The monoisotopic (exact) mass is 366 g/mol. The summed E-state index contributed by atoms with van der Waals surface area (Å²) in [6, 6.07) is 14.7. The number of carbonyl (C=O) groups is 2. The first-order valence-corrected chi connectivity index (χ1v) is 9.24. The molecule has 142 valence electrons. The van der Waals surface area contributed by atoms with Gasteiger partial charge in [0.05, 0.1) is 0 Å². The number of anilines is 2. The first-order valence-electron chi connectivity index (χ1n) is 9.24. The van der Waals surface area contributed by atoms with Crippen molar-refractivity contribution < 1.29 is 9.59 Å². The summed E-state index contributed by atoms with van der Waals surface area (Å²) in [7, 11) is 2.06. The van der Waals surface area contributed by atoms with Crippen LogP contribution < -0.4 is 11.1 Å². The van der Waals surface area contributed by atoms with Crippen molar-refractivity contribution in [3.63, 3.8) is 0 Å². The molecule has 27 heavy (non-hydrogen) atoms.